The van der Waals surface area contributed by atoms with Gasteiger partial charge in [-0.15, -0.1) is 0 Å². The minimum atomic E-state index is -0.246. The van der Waals surface area contributed by atoms with E-state index in [0.717, 1.165) is 17.1 Å². The second-order valence-electron chi connectivity index (χ2n) is 5.78. The highest BCUT2D eigenvalue weighted by Gasteiger charge is 2.09. The molecule has 0 bridgehead atoms. The van der Waals surface area contributed by atoms with Crippen LogP contribution in [0.4, 0.5) is 4.39 Å². The molecule has 5 nitrogen and oxygen atoms in total. The molecule has 0 unspecified atom stereocenters. The molecule has 3 aromatic rings. The van der Waals surface area contributed by atoms with E-state index >= 15 is 0 Å². The third-order valence-corrected chi connectivity index (χ3v) is 3.95. The van der Waals surface area contributed by atoms with Crippen molar-refractivity contribution in [3.05, 3.63) is 83.5 Å². The van der Waals surface area contributed by atoms with Crippen LogP contribution in [0.1, 0.15) is 27.4 Å². The van der Waals surface area contributed by atoms with Crippen LogP contribution in [-0.4, -0.2) is 27.0 Å². The molecule has 0 saturated carbocycles. The highest BCUT2D eigenvalue weighted by Crippen LogP contribution is 2.11. The van der Waals surface area contributed by atoms with E-state index in [0.29, 0.717) is 25.1 Å². The van der Waals surface area contributed by atoms with Crippen LogP contribution in [0.25, 0.3) is 0 Å². The highest BCUT2D eigenvalue weighted by atomic mass is 19.1. The summed E-state index contributed by atoms with van der Waals surface area (Å²) in [6.45, 7) is 3.08. The highest BCUT2D eigenvalue weighted by molar-refractivity contribution is 5.93. The SMILES string of the molecule is Cc1cnc(CCNC(=O)c2cccnc2)n1Cc1ccc(F)cc1. The Balaban J connectivity index is 1.61. The minimum absolute atomic E-state index is 0.151. The van der Waals surface area contributed by atoms with Crippen molar-refractivity contribution in [1.82, 2.24) is 19.9 Å². The number of aryl methyl sites for hydroxylation is 1. The second kappa shape index (κ2) is 7.70. The Labute approximate surface area is 145 Å². The summed E-state index contributed by atoms with van der Waals surface area (Å²) in [4.78, 5) is 20.4. The Bertz CT molecular complexity index is 844. The van der Waals surface area contributed by atoms with Gasteiger partial charge in [0.2, 0.25) is 0 Å². The largest absolute Gasteiger partial charge is 0.352 e. The maximum Gasteiger partial charge on any atom is 0.252 e. The first-order valence-electron chi connectivity index (χ1n) is 8.07. The van der Waals surface area contributed by atoms with Crippen LogP contribution in [-0.2, 0) is 13.0 Å². The van der Waals surface area contributed by atoms with E-state index in [4.69, 9.17) is 0 Å². The normalized spacial score (nSPS) is 10.6. The minimum Gasteiger partial charge on any atom is -0.352 e. The quantitative estimate of drug-likeness (QED) is 0.752. The maximum absolute atomic E-state index is 13.0. The number of aromatic nitrogens is 3. The van der Waals surface area contributed by atoms with Crippen LogP contribution in [0.3, 0.4) is 0 Å². The number of amides is 1. The molecule has 2 aromatic heterocycles. The number of rotatable bonds is 6. The van der Waals surface area contributed by atoms with E-state index in [1.54, 1.807) is 30.5 Å². The molecular formula is C19H19FN4O. The van der Waals surface area contributed by atoms with Crippen molar-refractivity contribution in [3.8, 4) is 0 Å². The average molecular weight is 338 g/mol. The molecule has 0 saturated heterocycles. The van der Waals surface area contributed by atoms with Crippen molar-refractivity contribution in [2.75, 3.05) is 6.54 Å². The summed E-state index contributed by atoms with van der Waals surface area (Å²) in [6.07, 6.45) is 5.59. The molecule has 0 atom stereocenters. The second-order valence-corrected chi connectivity index (χ2v) is 5.78. The number of carbonyl (C=O) groups is 1. The van der Waals surface area contributed by atoms with Gasteiger partial charge in [0, 0.05) is 43.8 Å². The lowest BCUT2D eigenvalue weighted by molar-refractivity contribution is 0.0953. The number of carbonyl (C=O) groups excluding carboxylic acids is 1. The van der Waals surface area contributed by atoms with Crippen LogP contribution in [0.2, 0.25) is 0 Å². The Kier molecular flexibility index (Phi) is 5.18. The number of nitrogens with one attached hydrogen (secondary N) is 1. The van der Waals surface area contributed by atoms with Crippen molar-refractivity contribution in [1.29, 1.82) is 0 Å². The van der Waals surface area contributed by atoms with Gasteiger partial charge in [-0.3, -0.25) is 9.78 Å². The zero-order valence-corrected chi connectivity index (χ0v) is 13.9. The molecule has 0 spiro atoms. The van der Waals surface area contributed by atoms with Crippen LogP contribution >= 0.6 is 0 Å². The Morgan fingerprint density at radius 2 is 2.00 bits per heavy atom. The van der Waals surface area contributed by atoms with E-state index in [1.807, 2.05) is 13.1 Å². The van der Waals surface area contributed by atoms with Gasteiger partial charge in [-0.2, -0.15) is 0 Å². The van der Waals surface area contributed by atoms with Gasteiger partial charge in [-0.1, -0.05) is 12.1 Å². The summed E-state index contributed by atoms with van der Waals surface area (Å²) in [6, 6.07) is 9.89. The Morgan fingerprint density at radius 3 is 2.72 bits per heavy atom. The predicted molar refractivity (Wildman–Crippen MR) is 92.7 cm³/mol. The van der Waals surface area contributed by atoms with E-state index in [-0.39, 0.29) is 11.7 Å². The molecule has 0 aliphatic carbocycles. The van der Waals surface area contributed by atoms with Gasteiger partial charge in [0.15, 0.2) is 0 Å². The third kappa shape index (κ3) is 4.29. The first-order chi connectivity index (χ1) is 12.1. The van der Waals surface area contributed by atoms with Gasteiger partial charge in [-0.25, -0.2) is 9.37 Å². The third-order valence-electron chi connectivity index (χ3n) is 3.95. The summed E-state index contributed by atoms with van der Waals surface area (Å²) >= 11 is 0. The molecule has 25 heavy (non-hydrogen) atoms. The lowest BCUT2D eigenvalue weighted by atomic mass is 10.2. The summed E-state index contributed by atoms with van der Waals surface area (Å²) in [5.74, 6) is 0.485. The first-order valence-corrected chi connectivity index (χ1v) is 8.07. The molecule has 1 amide bonds. The molecular weight excluding hydrogens is 319 g/mol. The van der Waals surface area contributed by atoms with Crippen molar-refractivity contribution < 1.29 is 9.18 Å². The molecule has 0 fully saturated rings. The fraction of sp³-hybridized carbons (Fsp3) is 0.211. The standard InChI is InChI=1S/C19H19FN4O/c1-14-11-23-18(24(14)13-15-4-6-17(20)7-5-15)8-10-22-19(25)16-3-2-9-21-12-16/h2-7,9,11-12H,8,10,13H2,1H3,(H,22,25). The number of halogens is 1. The van der Waals surface area contributed by atoms with Crippen molar-refractivity contribution in [2.45, 2.75) is 19.9 Å². The molecule has 1 aromatic carbocycles. The smallest absolute Gasteiger partial charge is 0.252 e. The summed E-state index contributed by atoms with van der Waals surface area (Å²) < 4.78 is 15.1. The number of benzene rings is 1. The van der Waals surface area contributed by atoms with E-state index in [1.165, 1.54) is 18.3 Å². The van der Waals surface area contributed by atoms with Gasteiger partial charge in [0.05, 0.1) is 5.56 Å². The average Bonchev–Trinajstić information content (AvgIpc) is 2.98. The van der Waals surface area contributed by atoms with Gasteiger partial charge in [0.1, 0.15) is 11.6 Å². The zero-order chi connectivity index (χ0) is 17.6. The fourth-order valence-electron chi connectivity index (χ4n) is 2.59. The summed E-state index contributed by atoms with van der Waals surface area (Å²) in [5.41, 5.74) is 2.56. The van der Waals surface area contributed by atoms with Gasteiger partial charge in [-0.05, 0) is 36.8 Å². The molecule has 3 rings (SSSR count). The first kappa shape index (κ1) is 16.8. The Morgan fingerprint density at radius 1 is 1.20 bits per heavy atom. The molecule has 2 heterocycles. The van der Waals surface area contributed by atoms with E-state index in [2.05, 4.69) is 19.9 Å². The zero-order valence-electron chi connectivity index (χ0n) is 13.9. The fourth-order valence-corrected chi connectivity index (χ4v) is 2.59. The molecule has 128 valence electrons. The number of imidazole rings is 1. The molecule has 0 aliphatic heterocycles. The molecule has 1 N–H and O–H groups in total. The van der Waals surface area contributed by atoms with Crippen molar-refractivity contribution in [3.63, 3.8) is 0 Å². The number of nitrogens with zero attached hydrogens (tertiary/aromatic N) is 3. The van der Waals surface area contributed by atoms with Gasteiger partial charge >= 0.3 is 0 Å². The van der Waals surface area contributed by atoms with Crippen LogP contribution in [0.5, 0.6) is 0 Å². The topological polar surface area (TPSA) is 59.8 Å². The molecule has 6 heteroatoms. The molecule has 0 aliphatic rings. The number of hydrogen-bond acceptors (Lipinski definition) is 3. The lowest BCUT2D eigenvalue weighted by Gasteiger charge is -2.11. The van der Waals surface area contributed by atoms with Crippen molar-refractivity contribution >= 4 is 5.91 Å². The predicted octanol–water partition coefficient (Wildman–Crippen LogP) is 2.75. The van der Waals surface area contributed by atoms with Crippen LogP contribution in [0.15, 0.2) is 55.0 Å². The van der Waals surface area contributed by atoms with Gasteiger partial charge in [0.25, 0.3) is 5.91 Å². The van der Waals surface area contributed by atoms with Crippen LogP contribution in [0, 0.1) is 12.7 Å². The van der Waals surface area contributed by atoms with E-state index < -0.39 is 0 Å². The monoisotopic (exact) mass is 338 g/mol. The molecule has 0 radical (unpaired) electrons. The Hall–Kier alpha value is -3.02. The summed E-state index contributed by atoms with van der Waals surface area (Å²) in [5, 5.41) is 2.87. The van der Waals surface area contributed by atoms with Gasteiger partial charge < -0.3 is 9.88 Å². The van der Waals surface area contributed by atoms with Crippen LogP contribution < -0.4 is 5.32 Å². The van der Waals surface area contributed by atoms with Crippen molar-refractivity contribution in [2.24, 2.45) is 0 Å². The maximum atomic E-state index is 13.0. The van der Waals surface area contributed by atoms with E-state index in [9.17, 15) is 9.18 Å². The lowest BCUT2D eigenvalue weighted by Crippen LogP contribution is -2.26. The summed E-state index contributed by atoms with van der Waals surface area (Å²) in [7, 11) is 0. The number of pyridine rings is 1. The number of hydrogen-bond donors (Lipinski definition) is 1.